The summed E-state index contributed by atoms with van der Waals surface area (Å²) in [6, 6.07) is 3.91. The quantitative estimate of drug-likeness (QED) is 0.371. The van der Waals surface area contributed by atoms with E-state index >= 15 is 0 Å². The zero-order valence-corrected chi connectivity index (χ0v) is 21.4. The highest BCUT2D eigenvalue weighted by molar-refractivity contribution is 6.23. The van der Waals surface area contributed by atoms with Crippen LogP contribution in [0.1, 0.15) is 59.2 Å². The Morgan fingerprint density at radius 3 is 2.35 bits per heavy atom. The Morgan fingerprint density at radius 1 is 0.865 bits per heavy atom. The fourth-order valence-corrected chi connectivity index (χ4v) is 5.82. The number of rotatable bonds is 9. The van der Waals surface area contributed by atoms with Crippen LogP contribution in [-0.2, 0) is 9.59 Å². The molecule has 4 aliphatic heterocycles. The highest BCUT2D eigenvalue weighted by atomic mass is 16.5. The van der Waals surface area contributed by atoms with Crippen LogP contribution < -0.4 is 15.4 Å². The number of benzene rings is 1. The van der Waals surface area contributed by atoms with E-state index in [0.29, 0.717) is 12.4 Å². The molecular formula is C27H37N5O5. The lowest BCUT2D eigenvalue weighted by molar-refractivity contribution is -0.136. The standard InChI is InChI=1S/C27H37N5O5/c33-24-5-4-23(25(34)29-24)32-26(35)21-3-2-20(18-22(21)27(32)36)37-17-1-11-30-12-6-19(7-13-30)8-14-31-15-9-28-10-16-31/h2-3,18-19,23,28H,1,4-17H2,(H,29,33,34). The van der Waals surface area contributed by atoms with Gasteiger partial charge in [0, 0.05) is 39.1 Å². The van der Waals surface area contributed by atoms with Crippen molar-refractivity contribution >= 4 is 23.6 Å². The monoisotopic (exact) mass is 511 g/mol. The number of carbonyl (C=O) groups excluding carboxylic acids is 4. The van der Waals surface area contributed by atoms with E-state index in [1.54, 1.807) is 18.2 Å². The molecule has 3 fully saturated rings. The molecule has 1 unspecified atom stereocenters. The maximum atomic E-state index is 13.0. The van der Waals surface area contributed by atoms with Crippen LogP contribution in [0.25, 0.3) is 0 Å². The fourth-order valence-electron chi connectivity index (χ4n) is 5.82. The van der Waals surface area contributed by atoms with Crippen molar-refractivity contribution in [3.05, 3.63) is 29.3 Å². The molecule has 4 amide bonds. The molecule has 10 nitrogen and oxygen atoms in total. The summed E-state index contributed by atoms with van der Waals surface area (Å²) in [5, 5.41) is 5.63. The lowest BCUT2D eigenvalue weighted by Gasteiger charge is -2.34. The molecule has 2 N–H and O–H groups in total. The minimum absolute atomic E-state index is 0.104. The predicted molar refractivity (Wildman–Crippen MR) is 136 cm³/mol. The molecule has 3 saturated heterocycles. The lowest BCUT2D eigenvalue weighted by Crippen LogP contribution is -2.54. The molecule has 0 aromatic heterocycles. The van der Waals surface area contributed by atoms with E-state index in [1.165, 1.54) is 38.9 Å². The van der Waals surface area contributed by atoms with Gasteiger partial charge in [0.25, 0.3) is 11.8 Å². The van der Waals surface area contributed by atoms with Crippen molar-refractivity contribution in [2.45, 2.75) is 44.6 Å². The molecule has 4 aliphatic rings. The van der Waals surface area contributed by atoms with Crippen LogP contribution in [0.5, 0.6) is 5.75 Å². The number of piperidine rings is 2. The number of likely N-dealkylation sites (tertiary alicyclic amines) is 1. The summed E-state index contributed by atoms with van der Waals surface area (Å²) in [4.78, 5) is 55.5. The average molecular weight is 512 g/mol. The van der Waals surface area contributed by atoms with Crippen LogP contribution in [0.2, 0.25) is 0 Å². The van der Waals surface area contributed by atoms with Gasteiger partial charge in [0.05, 0.1) is 17.7 Å². The first-order valence-corrected chi connectivity index (χ1v) is 13.6. The van der Waals surface area contributed by atoms with Gasteiger partial charge in [-0.3, -0.25) is 29.4 Å². The molecule has 1 aromatic rings. The van der Waals surface area contributed by atoms with Crippen molar-refractivity contribution < 1.29 is 23.9 Å². The summed E-state index contributed by atoms with van der Waals surface area (Å²) in [7, 11) is 0. The van der Waals surface area contributed by atoms with E-state index in [1.807, 2.05) is 0 Å². The molecule has 0 radical (unpaired) electrons. The smallest absolute Gasteiger partial charge is 0.262 e. The van der Waals surface area contributed by atoms with E-state index in [2.05, 4.69) is 20.4 Å². The van der Waals surface area contributed by atoms with Gasteiger partial charge >= 0.3 is 0 Å². The largest absolute Gasteiger partial charge is 0.494 e. The van der Waals surface area contributed by atoms with Crippen LogP contribution in [0.3, 0.4) is 0 Å². The number of hydrogen-bond donors (Lipinski definition) is 2. The first-order valence-electron chi connectivity index (χ1n) is 13.6. The van der Waals surface area contributed by atoms with Gasteiger partial charge in [-0.2, -0.15) is 0 Å². The molecule has 0 bridgehead atoms. The molecule has 1 aromatic carbocycles. The Morgan fingerprint density at radius 2 is 1.59 bits per heavy atom. The number of piperazine rings is 1. The predicted octanol–water partition coefficient (Wildman–Crippen LogP) is 0.864. The van der Waals surface area contributed by atoms with E-state index in [0.717, 1.165) is 50.0 Å². The first kappa shape index (κ1) is 25.8. The zero-order valence-electron chi connectivity index (χ0n) is 21.4. The number of hydrogen-bond acceptors (Lipinski definition) is 8. The van der Waals surface area contributed by atoms with Gasteiger partial charge in [-0.1, -0.05) is 0 Å². The number of nitrogens with zero attached hydrogens (tertiary/aromatic N) is 3. The number of amides is 4. The second-order valence-corrected chi connectivity index (χ2v) is 10.5. The van der Waals surface area contributed by atoms with Crippen molar-refractivity contribution in [2.24, 2.45) is 5.92 Å². The summed E-state index contributed by atoms with van der Waals surface area (Å²) < 4.78 is 5.91. The third kappa shape index (κ3) is 6.02. The van der Waals surface area contributed by atoms with Gasteiger partial charge in [-0.15, -0.1) is 0 Å². The summed E-state index contributed by atoms with van der Waals surface area (Å²) in [5.41, 5.74) is 0.511. The highest BCUT2D eigenvalue weighted by Crippen LogP contribution is 2.30. The van der Waals surface area contributed by atoms with Gasteiger partial charge in [-0.25, -0.2) is 0 Å². The molecule has 1 atom stereocenters. The average Bonchev–Trinajstić information content (AvgIpc) is 3.16. The molecule has 10 heteroatoms. The number of fused-ring (bicyclic) bond motifs is 1. The Hall–Kier alpha value is -2.82. The summed E-state index contributed by atoms with van der Waals surface area (Å²) in [6.07, 6.45) is 4.96. The normalized spacial score (nSPS) is 23.9. The third-order valence-corrected chi connectivity index (χ3v) is 8.07. The Balaban J connectivity index is 1.04. The molecule has 37 heavy (non-hydrogen) atoms. The number of nitrogens with one attached hydrogen (secondary N) is 2. The topological polar surface area (TPSA) is 111 Å². The van der Waals surface area contributed by atoms with Crippen molar-refractivity contribution in [1.29, 1.82) is 0 Å². The third-order valence-electron chi connectivity index (χ3n) is 8.07. The SMILES string of the molecule is O=C1CCC(N2C(=O)c3ccc(OCCCN4CCC(CCN5CCNCC5)CC4)cc3C2=O)C(=O)N1. The van der Waals surface area contributed by atoms with E-state index in [-0.39, 0.29) is 29.9 Å². The highest BCUT2D eigenvalue weighted by Gasteiger charge is 2.44. The molecule has 0 aliphatic carbocycles. The minimum Gasteiger partial charge on any atom is -0.494 e. The van der Waals surface area contributed by atoms with Gasteiger partial charge in [-0.05, 0) is 75.9 Å². The summed E-state index contributed by atoms with van der Waals surface area (Å²) in [5.74, 6) is -0.642. The van der Waals surface area contributed by atoms with E-state index < -0.39 is 23.8 Å². The summed E-state index contributed by atoms with van der Waals surface area (Å²) >= 11 is 0. The van der Waals surface area contributed by atoms with Gasteiger partial charge in [0.2, 0.25) is 11.8 Å². The Labute approximate surface area is 217 Å². The van der Waals surface area contributed by atoms with Crippen LogP contribution in [-0.4, -0.2) is 103 Å². The van der Waals surface area contributed by atoms with Gasteiger partial charge in [0.1, 0.15) is 11.8 Å². The van der Waals surface area contributed by atoms with Crippen molar-refractivity contribution in [3.8, 4) is 5.75 Å². The van der Waals surface area contributed by atoms with Gasteiger partial charge in [0.15, 0.2) is 0 Å². The van der Waals surface area contributed by atoms with Crippen molar-refractivity contribution in [1.82, 2.24) is 25.3 Å². The zero-order chi connectivity index (χ0) is 25.8. The lowest BCUT2D eigenvalue weighted by atomic mass is 9.93. The van der Waals surface area contributed by atoms with E-state index in [9.17, 15) is 19.2 Å². The number of carbonyl (C=O) groups is 4. The number of ether oxygens (including phenoxy) is 1. The number of imide groups is 2. The maximum Gasteiger partial charge on any atom is 0.262 e. The molecule has 200 valence electrons. The van der Waals surface area contributed by atoms with Crippen LogP contribution in [0.4, 0.5) is 0 Å². The first-order chi connectivity index (χ1) is 18.0. The fraction of sp³-hybridized carbons (Fsp3) is 0.630. The maximum absolute atomic E-state index is 13.0. The van der Waals surface area contributed by atoms with E-state index in [4.69, 9.17) is 4.74 Å². The Bertz CT molecular complexity index is 1030. The molecular weight excluding hydrogens is 474 g/mol. The second-order valence-electron chi connectivity index (χ2n) is 10.5. The Kier molecular flexibility index (Phi) is 8.17. The van der Waals surface area contributed by atoms with Crippen molar-refractivity contribution in [3.63, 3.8) is 0 Å². The van der Waals surface area contributed by atoms with Crippen molar-refractivity contribution in [2.75, 3.05) is 59.0 Å². The van der Waals surface area contributed by atoms with Crippen LogP contribution >= 0.6 is 0 Å². The van der Waals surface area contributed by atoms with Crippen LogP contribution in [0.15, 0.2) is 18.2 Å². The molecule has 0 saturated carbocycles. The summed E-state index contributed by atoms with van der Waals surface area (Å²) in [6.45, 7) is 9.58. The molecule has 5 rings (SSSR count). The molecule has 4 heterocycles. The second kappa shape index (κ2) is 11.7. The minimum atomic E-state index is -0.958. The van der Waals surface area contributed by atoms with Crippen LogP contribution in [0, 0.1) is 5.92 Å². The van der Waals surface area contributed by atoms with Gasteiger partial charge < -0.3 is 19.9 Å². The molecule has 0 spiro atoms.